The maximum absolute atomic E-state index is 13.3. The molecule has 2 aliphatic carbocycles. The molecule has 0 unspecified atom stereocenters. The molecule has 0 aromatic heterocycles. The lowest BCUT2D eigenvalue weighted by Crippen LogP contribution is -2.51. The first-order chi connectivity index (χ1) is 10.7. The van der Waals surface area contributed by atoms with Gasteiger partial charge in [-0.1, -0.05) is 20.8 Å². The van der Waals surface area contributed by atoms with Gasteiger partial charge in [0.05, 0.1) is 18.4 Å². The van der Waals surface area contributed by atoms with E-state index in [1.54, 1.807) is 0 Å². The lowest BCUT2D eigenvalue weighted by molar-refractivity contribution is -0.154. The number of rotatable bonds is 2. The van der Waals surface area contributed by atoms with Crippen LogP contribution in [0.5, 0.6) is 0 Å². The summed E-state index contributed by atoms with van der Waals surface area (Å²) < 4.78 is 4.81. The van der Waals surface area contributed by atoms with Crippen LogP contribution in [0.2, 0.25) is 0 Å². The van der Waals surface area contributed by atoms with Crippen molar-refractivity contribution >= 4 is 17.7 Å². The molecule has 0 N–H and O–H groups in total. The van der Waals surface area contributed by atoms with Crippen molar-refractivity contribution in [3.05, 3.63) is 0 Å². The van der Waals surface area contributed by atoms with Gasteiger partial charge in [-0.05, 0) is 31.1 Å². The largest absolute Gasteiger partial charge is 0.469 e. The van der Waals surface area contributed by atoms with Crippen LogP contribution in [0, 0.1) is 22.2 Å². The average molecular weight is 321 g/mol. The Bertz CT molecular complexity index is 561. The van der Waals surface area contributed by atoms with E-state index >= 15 is 0 Å². The Morgan fingerprint density at radius 1 is 1.13 bits per heavy atom. The first-order valence-electron chi connectivity index (χ1n) is 8.60. The van der Waals surface area contributed by atoms with Gasteiger partial charge >= 0.3 is 5.97 Å². The third-order valence-electron chi connectivity index (χ3n) is 7.43. The van der Waals surface area contributed by atoms with Gasteiger partial charge < -0.3 is 9.64 Å². The molecule has 128 valence electrons. The van der Waals surface area contributed by atoms with Crippen molar-refractivity contribution in [1.82, 2.24) is 4.90 Å². The smallest absolute Gasteiger partial charge is 0.308 e. The summed E-state index contributed by atoms with van der Waals surface area (Å²) in [6.07, 6.45) is 3.30. The minimum absolute atomic E-state index is 0.103. The number of hydrogen-bond acceptors (Lipinski definition) is 4. The lowest BCUT2D eigenvalue weighted by atomic mass is 9.64. The Morgan fingerprint density at radius 2 is 1.74 bits per heavy atom. The van der Waals surface area contributed by atoms with Crippen LogP contribution in [0.4, 0.5) is 0 Å². The molecule has 23 heavy (non-hydrogen) atoms. The standard InChI is InChI=1S/C18H27NO4/c1-16(2)17(3)7-8-18(16,11-13(17)20)15(22)19-9-5-12(6-10-19)14(21)23-4/h12H,5-11H2,1-4H3/t17-,18-/m0/s1. The van der Waals surface area contributed by atoms with Gasteiger partial charge in [0.25, 0.3) is 0 Å². The monoisotopic (exact) mass is 321 g/mol. The molecule has 0 spiro atoms. The summed E-state index contributed by atoms with van der Waals surface area (Å²) in [6.45, 7) is 7.37. The van der Waals surface area contributed by atoms with E-state index in [0.717, 1.165) is 12.8 Å². The summed E-state index contributed by atoms with van der Waals surface area (Å²) in [5.41, 5.74) is -1.21. The molecule has 3 aliphatic rings. The van der Waals surface area contributed by atoms with E-state index in [1.807, 2.05) is 11.8 Å². The Kier molecular flexibility index (Phi) is 3.62. The molecule has 1 saturated heterocycles. The zero-order valence-corrected chi connectivity index (χ0v) is 14.6. The van der Waals surface area contributed by atoms with Gasteiger partial charge in [-0.25, -0.2) is 0 Å². The highest BCUT2D eigenvalue weighted by atomic mass is 16.5. The highest BCUT2D eigenvalue weighted by Gasteiger charge is 2.73. The molecular formula is C18H27NO4. The third-order valence-corrected chi connectivity index (χ3v) is 7.43. The lowest BCUT2D eigenvalue weighted by Gasteiger charge is -2.43. The molecule has 0 aromatic rings. The van der Waals surface area contributed by atoms with E-state index in [0.29, 0.717) is 32.4 Å². The molecule has 5 nitrogen and oxygen atoms in total. The Hall–Kier alpha value is -1.39. The van der Waals surface area contributed by atoms with Crippen LogP contribution in [0.25, 0.3) is 0 Å². The maximum Gasteiger partial charge on any atom is 0.308 e. The Morgan fingerprint density at radius 3 is 2.17 bits per heavy atom. The van der Waals surface area contributed by atoms with Crippen molar-refractivity contribution in [1.29, 1.82) is 0 Å². The quantitative estimate of drug-likeness (QED) is 0.731. The second-order valence-electron chi connectivity index (χ2n) is 8.23. The van der Waals surface area contributed by atoms with E-state index in [-0.39, 0.29) is 34.4 Å². The van der Waals surface area contributed by atoms with Gasteiger partial charge in [-0.15, -0.1) is 0 Å². The van der Waals surface area contributed by atoms with Crippen LogP contribution >= 0.6 is 0 Å². The van der Waals surface area contributed by atoms with Crippen LogP contribution in [-0.4, -0.2) is 42.8 Å². The topological polar surface area (TPSA) is 63.7 Å². The summed E-state index contributed by atoms with van der Waals surface area (Å²) in [6, 6.07) is 0. The van der Waals surface area contributed by atoms with E-state index in [9.17, 15) is 14.4 Å². The Labute approximate surface area is 137 Å². The van der Waals surface area contributed by atoms with Gasteiger partial charge in [0.1, 0.15) is 5.78 Å². The van der Waals surface area contributed by atoms with Crippen LogP contribution < -0.4 is 0 Å². The molecule has 1 amide bonds. The average Bonchev–Trinajstić information content (AvgIpc) is 2.84. The first kappa shape index (κ1) is 16.5. The fourth-order valence-corrected chi connectivity index (χ4v) is 5.12. The van der Waals surface area contributed by atoms with E-state index in [1.165, 1.54) is 7.11 Å². The molecule has 1 aliphatic heterocycles. The zero-order chi connectivity index (χ0) is 17.0. The van der Waals surface area contributed by atoms with Crippen molar-refractivity contribution in [3.8, 4) is 0 Å². The molecule has 5 heteroatoms. The Balaban J connectivity index is 1.77. The van der Waals surface area contributed by atoms with Crippen molar-refractivity contribution in [2.45, 2.75) is 52.9 Å². The van der Waals surface area contributed by atoms with Crippen LogP contribution in [0.1, 0.15) is 52.9 Å². The number of piperidine rings is 1. The van der Waals surface area contributed by atoms with E-state index < -0.39 is 5.41 Å². The normalized spacial score (nSPS) is 36.3. The highest BCUT2D eigenvalue weighted by Crippen LogP contribution is 2.71. The number of likely N-dealkylation sites (tertiary alicyclic amines) is 1. The fraction of sp³-hybridized carbons (Fsp3) is 0.833. The zero-order valence-electron chi connectivity index (χ0n) is 14.6. The van der Waals surface area contributed by atoms with Crippen LogP contribution in [-0.2, 0) is 19.1 Å². The number of Topliss-reactive ketones (excluding diaryl/α,β-unsaturated/α-hetero) is 1. The van der Waals surface area contributed by atoms with Gasteiger partial charge in [-0.2, -0.15) is 0 Å². The number of ether oxygens (including phenoxy) is 1. The minimum atomic E-state index is -0.545. The minimum Gasteiger partial charge on any atom is -0.469 e. The van der Waals surface area contributed by atoms with Gasteiger partial charge in [0, 0.05) is 24.9 Å². The number of fused-ring (bicyclic) bond motifs is 2. The SMILES string of the molecule is COC(=O)C1CCN(C(=O)[C@]23CC[C@@](C)(C(=O)C2)C3(C)C)CC1. The predicted molar refractivity (Wildman–Crippen MR) is 84.5 cm³/mol. The van der Waals surface area contributed by atoms with E-state index in [4.69, 9.17) is 4.74 Å². The number of carbonyl (C=O) groups is 3. The number of hydrogen-bond donors (Lipinski definition) is 0. The molecule has 3 fully saturated rings. The number of methoxy groups -OCH3 is 1. The molecule has 2 saturated carbocycles. The van der Waals surface area contributed by atoms with Crippen LogP contribution in [0.3, 0.4) is 0 Å². The summed E-state index contributed by atoms with van der Waals surface area (Å²) in [4.78, 5) is 39.3. The van der Waals surface area contributed by atoms with Crippen LogP contribution in [0.15, 0.2) is 0 Å². The predicted octanol–water partition coefficient (Wildman–Crippen LogP) is 2.18. The van der Waals surface area contributed by atoms with Crippen molar-refractivity contribution in [2.75, 3.05) is 20.2 Å². The van der Waals surface area contributed by atoms with Crippen molar-refractivity contribution < 1.29 is 19.1 Å². The maximum atomic E-state index is 13.3. The summed E-state index contributed by atoms with van der Waals surface area (Å²) in [5, 5.41) is 0. The van der Waals surface area contributed by atoms with Crippen molar-refractivity contribution in [3.63, 3.8) is 0 Å². The second kappa shape index (κ2) is 5.05. The van der Waals surface area contributed by atoms with Crippen molar-refractivity contribution in [2.24, 2.45) is 22.2 Å². The molecule has 2 bridgehead atoms. The van der Waals surface area contributed by atoms with Gasteiger partial charge in [0.2, 0.25) is 5.91 Å². The highest BCUT2D eigenvalue weighted by molar-refractivity contribution is 5.99. The molecule has 0 aromatic carbocycles. The fourth-order valence-electron chi connectivity index (χ4n) is 5.12. The second-order valence-corrected chi connectivity index (χ2v) is 8.23. The van der Waals surface area contributed by atoms with Gasteiger partial charge in [-0.3, -0.25) is 14.4 Å². The van der Waals surface area contributed by atoms with E-state index in [2.05, 4.69) is 13.8 Å². The number of esters is 1. The number of amides is 1. The molecule has 3 rings (SSSR count). The number of carbonyl (C=O) groups excluding carboxylic acids is 3. The first-order valence-corrected chi connectivity index (χ1v) is 8.60. The molecule has 0 radical (unpaired) electrons. The molecule has 1 heterocycles. The number of nitrogens with zero attached hydrogens (tertiary/aromatic N) is 1. The summed E-state index contributed by atoms with van der Waals surface area (Å²) in [5.74, 6) is 0.0839. The number of ketones is 1. The van der Waals surface area contributed by atoms with Gasteiger partial charge in [0.15, 0.2) is 0 Å². The summed E-state index contributed by atoms with van der Waals surface area (Å²) >= 11 is 0. The summed E-state index contributed by atoms with van der Waals surface area (Å²) in [7, 11) is 1.41. The third kappa shape index (κ3) is 1.94. The molecule has 2 atom stereocenters. The molecular weight excluding hydrogens is 294 g/mol.